The first kappa shape index (κ1) is 37.3. The lowest BCUT2D eigenvalue weighted by Gasteiger charge is -2.52. The lowest BCUT2D eigenvalue weighted by molar-refractivity contribution is 0.195. The van der Waals surface area contributed by atoms with E-state index in [1.54, 1.807) is 0 Å². The Morgan fingerprint density at radius 2 is 1.25 bits per heavy atom. The number of nitrogens with zero attached hydrogens (tertiary/aromatic N) is 3. The minimum atomic E-state index is -0.121. The van der Waals surface area contributed by atoms with Crippen molar-refractivity contribution in [2.45, 2.75) is 110 Å². The third-order valence-corrected chi connectivity index (χ3v) is 15.0. The highest BCUT2D eigenvalue weighted by atomic mass is 16.3. The van der Waals surface area contributed by atoms with Gasteiger partial charge in [0, 0.05) is 44.9 Å². The zero-order chi connectivity index (χ0) is 41.5. The molecule has 0 radical (unpaired) electrons. The van der Waals surface area contributed by atoms with Gasteiger partial charge < -0.3 is 19.1 Å². The number of benzene rings is 6. The average molecular weight is 786 g/mol. The molecule has 0 saturated heterocycles. The molecular formula is C55H56BN3O. The molecule has 1 aliphatic carbocycles. The van der Waals surface area contributed by atoms with Crippen molar-refractivity contribution in [3.05, 3.63) is 150 Å². The fourth-order valence-electron chi connectivity index (χ4n) is 11.5. The maximum absolute atomic E-state index is 7.30. The van der Waals surface area contributed by atoms with Crippen LogP contribution in [0.3, 0.4) is 0 Å². The molecule has 3 aliphatic heterocycles. The summed E-state index contributed by atoms with van der Waals surface area (Å²) >= 11 is 0. The lowest BCUT2D eigenvalue weighted by Crippen LogP contribution is -2.64. The quantitative estimate of drug-likeness (QED) is 0.166. The van der Waals surface area contributed by atoms with E-state index in [0.29, 0.717) is 0 Å². The van der Waals surface area contributed by atoms with Gasteiger partial charge in [-0.25, -0.2) is 0 Å². The molecule has 6 aromatic carbocycles. The molecule has 300 valence electrons. The van der Waals surface area contributed by atoms with Gasteiger partial charge in [0.05, 0.1) is 22.6 Å². The number of rotatable bonds is 4. The van der Waals surface area contributed by atoms with E-state index in [2.05, 4.69) is 204 Å². The molecular weight excluding hydrogens is 729 g/mol. The molecule has 2 unspecified atom stereocenters. The summed E-state index contributed by atoms with van der Waals surface area (Å²) in [5.74, 6) is 0. The highest BCUT2D eigenvalue weighted by Crippen LogP contribution is 2.63. The first-order valence-corrected chi connectivity index (χ1v) is 22.2. The van der Waals surface area contributed by atoms with Crippen molar-refractivity contribution in [3.63, 3.8) is 0 Å². The first-order chi connectivity index (χ1) is 28.7. The van der Waals surface area contributed by atoms with Crippen LogP contribution in [0, 0.1) is 6.92 Å². The predicted molar refractivity (Wildman–Crippen MR) is 255 cm³/mol. The summed E-state index contributed by atoms with van der Waals surface area (Å²) in [5.41, 5.74) is 19.7. The van der Waals surface area contributed by atoms with Crippen molar-refractivity contribution in [2.75, 3.05) is 14.7 Å². The smallest absolute Gasteiger partial charge is 0.297 e. The molecule has 0 bridgehead atoms. The highest BCUT2D eigenvalue weighted by Gasteiger charge is 2.62. The second-order valence-corrected chi connectivity index (χ2v) is 20.6. The highest BCUT2D eigenvalue weighted by molar-refractivity contribution is 7.00. The van der Waals surface area contributed by atoms with Gasteiger partial charge in [-0.3, -0.25) is 0 Å². The second-order valence-electron chi connectivity index (χ2n) is 20.6. The third-order valence-electron chi connectivity index (χ3n) is 15.0. The topological polar surface area (TPSA) is 22.9 Å². The van der Waals surface area contributed by atoms with Gasteiger partial charge in [-0.15, -0.1) is 0 Å². The molecule has 0 N–H and O–H groups in total. The van der Waals surface area contributed by atoms with Crippen LogP contribution in [-0.4, -0.2) is 12.3 Å². The summed E-state index contributed by atoms with van der Waals surface area (Å²) in [6, 6.07) is 47.9. The Hall–Kier alpha value is -5.68. The van der Waals surface area contributed by atoms with Gasteiger partial charge in [0.25, 0.3) is 6.71 Å². The SMILES string of the molecule is Cc1cc(C(C)(C)C)ccc1N1c2cc(N(c3ccccc3)c3ccccc3)cc3c2B(c2cc(C(C)(C)C)cc4c2N3C2(C)CCCCC42C)c2oc3ccccc3c21. The predicted octanol–water partition coefficient (Wildman–Crippen LogP) is 13.2. The molecule has 4 aliphatic rings. The zero-order valence-electron chi connectivity index (χ0n) is 36.8. The Kier molecular flexibility index (Phi) is 7.89. The van der Waals surface area contributed by atoms with Crippen LogP contribution in [0.2, 0.25) is 0 Å². The maximum Gasteiger partial charge on any atom is 0.297 e. The molecule has 1 aromatic heterocycles. The second kappa shape index (κ2) is 12.7. The summed E-state index contributed by atoms with van der Waals surface area (Å²) in [4.78, 5) is 7.88. The van der Waals surface area contributed by atoms with Crippen LogP contribution in [0.4, 0.5) is 45.5 Å². The summed E-state index contributed by atoms with van der Waals surface area (Å²) in [5, 5.41) is 1.14. The van der Waals surface area contributed by atoms with Crippen molar-refractivity contribution >= 4 is 79.8 Å². The van der Waals surface area contributed by atoms with E-state index in [-0.39, 0.29) is 28.5 Å². The maximum atomic E-state index is 7.30. The van der Waals surface area contributed by atoms with E-state index in [9.17, 15) is 0 Å². The Morgan fingerprint density at radius 1 is 0.617 bits per heavy atom. The first-order valence-electron chi connectivity index (χ1n) is 22.2. The molecule has 4 nitrogen and oxygen atoms in total. The van der Waals surface area contributed by atoms with E-state index >= 15 is 0 Å². The van der Waals surface area contributed by atoms with Crippen molar-refractivity contribution in [1.82, 2.24) is 0 Å². The molecule has 1 saturated carbocycles. The molecule has 11 rings (SSSR count). The van der Waals surface area contributed by atoms with Crippen LogP contribution >= 0.6 is 0 Å². The standard InChI is InChI=1S/C55H56BN3O/c1-35-30-36(52(2,3)4)26-27-44(35)58-45-33-40(57(38-20-12-10-13-21-38)39-22-14-11-15-23-39)34-46-48(45)56(51-49(58)41-24-16-17-25-47(41)60-51)43-32-37(53(5,6)7)31-42-50(43)59(46)55(9)29-19-18-28-54(42,55)8/h10-17,20-27,30-34H,18-19,28-29H2,1-9H3. The molecule has 2 atom stereocenters. The van der Waals surface area contributed by atoms with Gasteiger partial charge in [0.2, 0.25) is 0 Å². The Morgan fingerprint density at radius 3 is 1.92 bits per heavy atom. The van der Waals surface area contributed by atoms with Crippen LogP contribution in [-0.2, 0) is 16.2 Å². The Bertz CT molecular complexity index is 2820. The van der Waals surface area contributed by atoms with E-state index in [1.165, 1.54) is 75.2 Å². The largest absolute Gasteiger partial charge is 0.468 e. The fraction of sp³-hybridized carbons (Fsp3) is 0.309. The third kappa shape index (κ3) is 5.10. The molecule has 60 heavy (non-hydrogen) atoms. The van der Waals surface area contributed by atoms with E-state index in [0.717, 1.165) is 45.8 Å². The zero-order valence-corrected chi connectivity index (χ0v) is 36.8. The van der Waals surface area contributed by atoms with Crippen LogP contribution in [0.25, 0.3) is 11.0 Å². The summed E-state index contributed by atoms with van der Waals surface area (Å²) in [6.45, 7) is 21.5. The normalized spacial score (nSPS) is 20.2. The number of hydrogen-bond acceptors (Lipinski definition) is 4. The number of furan rings is 1. The van der Waals surface area contributed by atoms with Crippen LogP contribution in [0.1, 0.15) is 103 Å². The van der Waals surface area contributed by atoms with Crippen LogP contribution in [0.15, 0.2) is 132 Å². The fourth-order valence-corrected chi connectivity index (χ4v) is 11.5. The van der Waals surface area contributed by atoms with Crippen LogP contribution in [0.5, 0.6) is 0 Å². The van der Waals surface area contributed by atoms with Crippen LogP contribution < -0.4 is 31.3 Å². The van der Waals surface area contributed by atoms with Gasteiger partial charge >= 0.3 is 0 Å². The minimum Gasteiger partial charge on any atom is -0.468 e. The monoisotopic (exact) mass is 785 g/mol. The molecule has 4 heterocycles. The lowest BCUT2D eigenvalue weighted by atomic mass is 9.35. The number of anilines is 8. The van der Waals surface area contributed by atoms with Gasteiger partial charge in [0.1, 0.15) is 5.58 Å². The molecule has 7 aromatic rings. The van der Waals surface area contributed by atoms with Gasteiger partial charge in [-0.1, -0.05) is 134 Å². The Balaban J connectivity index is 1.31. The van der Waals surface area contributed by atoms with Gasteiger partial charge in [-0.05, 0) is 125 Å². The summed E-state index contributed by atoms with van der Waals surface area (Å²) < 4.78 is 7.30. The number of aryl methyl sites for hydroxylation is 1. The molecule has 1 fully saturated rings. The van der Waals surface area contributed by atoms with E-state index < -0.39 is 0 Å². The summed E-state index contributed by atoms with van der Waals surface area (Å²) in [7, 11) is 0. The van der Waals surface area contributed by atoms with Crippen molar-refractivity contribution in [1.29, 1.82) is 0 Å². The molecule has 5 heteroatoms. The van der Waals surface area contributed by atoms with Crippen molar-refractivity contribution in [2.24, 2.45) is 0 Å². The average Bonchev–Trinajstić information content (AvgIpc) is 3.70. The number of hydrogen-bond donors (Lipinski definition) is 0. The van der Waals surface area contributed by atoms with Crippen molar-refractivity contribution < 1.29 is 4.42 Å². The number of fused-ring (bicyclic) bond motifs is 9. The molecule has 0 spiro atoms. The van der Waals surface area contributed by atoms with Crippen molar-refractivity contribution in [3.8, 4) is 0 Å². The molecule has 0 amide bonds. The van der Waals surface area contributed by atoms with E-state index in [4.69, 9.17) is 4.42 Å². The minimum absolute atomic E-state index is 0.0253. The van der Waals surface area contributed by atoms with E-state index in [1.807, 2.05) is 0 Å². The Labute approximate surface area is 356 Å². The van der Waals surface area contributed by atoms with Gasteiger partial charge in [-0.2, -0.15) is 0 Å². The van der Waals surface area contributed by atoms with Gasteiger partial charge in [0.15, 0.2) is 0 Å². The number of para-hydroxylation sites is 3. The summed E-state index contributed by atoms with van der Waals surface area (Å²) in [6.07, 6.45) is 4.79.